The second kappa shape index (κ2) is 6.39. The monoisotopic (exact) mass is 328 g/mol. The smallest absolute Gasteiger partial charge is 0.257 e. The Morgan fingerprint density at radius 2 is 2.11 bits per heavy atom. The number of alkyl halides is 2. The first kappa shape index (κ1) is 14.3. The maximum absolute atomic E-state index is 13.2. The van der Waals surface area contributed by atoms with Crippen molar-refractivity contribution in [2.45, 2.75) is 25.8 Å². The lowest BCUT2D eigenvalue weighted by atomic mass is 10.0. The van der Waals surface area contributed by atoms with E-state index in [2.05, 4.69) is 26.2 Å². The zero-order valence-corrected chi connectivity index (χ0v) is 12.1. The summed E-state index contributed by atoms with van der Waals surface area (Å²) < 4.78 is 27.3. The standard InChI is InChI=1S/C14H15BrF2N2/c1-2-7-18-13(14(16)17)10-5-6-11(15)9-4-3-8-19-12(9)10/h3-6,8,13-14,18H,2,7H2,1H3. The van der Waals surface area contributed by atoms with Crippen molar-refractivity contribution >= 4 is 26.8 Å². The van der Waals surface area contributed by atoms with Gasteiger partial charge in [-0.05, 0) is 25.1 Å². The van der Waals surface area contributed by atoms with Gasteiger partial charge < -0.3 is 5.32 Å². The fraction of sp³-hybridized carbons (Fsp3) is 0.357. The lowest BCUT2D eigenvalue weighted by molar-refractivity contribution is 0.0990. The molecule has 1 aromatic heterocycles. The zero-order valence-electron chi connectivity index (χ0n) is 10.5. The van der Waals surface area contributed by atoms with E-state index in [1.54, 1.807) is 24.4 Å². The lowest BCUT2D eigenvalue weighted by Crippen LogP contribution is -2.28. The molecular weight excluding hydrogens is 314 g/mol. The van der Waals surface area contributed by atoms with Crippen molar-refractivity contribution in [1.29, 1.82) is 0 Å². The number of fused-ring (bicyclic) bond motifs is 1. The molecule has 0 aliphatic carbocycles. The van der Waals surface area contributed by atoms with E-state index in [1.165, 1.54) is 0 Å². The number of pyridine rings is 1. The van der Waals surface area contributed by atoms with Gasteiger partial charge in [-0.2, -0.15) is 0 Å². The molecule has 0 aliphatic rings. The molecule has 0 radical (unpaired) electrons. The van der Waals surface area contributed by atoms with E-state index in [1.807, 2.05) is 13.0 Å². The number of nitrogens with one attached hydrogen (secondary N) is 1. The Labute approximate surface area is 119 Å². The fourth-order valence-corrected chi connectivity index (χ4v) is 2.50. The van der Waals surface area contributed by atoms with Crippen LogP contribution in [0.5, 0.6) is 0 Å². The normalized spacial score (nSPS) is 13.1. The van der Waals surface area contributed by atoms with Crippen molar-refractivity contribution in [1.82, 2.24) is 10.3 Å². The third-order valence-electron chi connectivity index (χ3n) is 2.95. The number of halogens is 3. The Bertz CT molecular complexity index is 560. The van der Waals surface area contributed by atoms with Gasteiger partial charge in [0, 0.05) is 21.6 Å². The summed E-state index contributed by atoms with van der Waals surface area (Å²) in [5.74, 6) is 0. The Balaban J connectivity index is 2.50. The van der Waals surface area contributed by atoms with E-state index in [0.29, 0.717) is 17.6 Å². The number of hydrogen-bond donors (Lipinski definition) is 1. The largest absolute Gasteiger partial charge is 0.305 e. The van der Waals surface area contributed by atoms with Gasteiger partial charge in [0.05, 0.1) is 11.6 Å². The molecule has 0 aliphatic heterocycles. The second-order valence-electron chi connectivity index (χ2n) is 4.30. The molecular formula is C14H15BrF2N2. The number of nitrogens with zero attached hydrogens (tertiary/aromatic N) is 1. The summed E-state index contributed by atoms with van der Waals surface area (Å²) in [7, 11) is 0. The quantitative estimate of drug-likeness (QED) is 0.884. The highest BCUT2D eigenvalue weighted by atomic mass is 79.9. The van der Waals surface area contributed by atoms with E-state index >= 15 is 0 Å². The maximum Gasteiger partial charge on any atom is 0.257 e. The molecule has 0 saturated carbocycles. The summed E-state index contributed by atoms with van der Waals surface area (Å²) in [5, 5.41) is 3.74. The minimum atomic E-state index is -2.46. The van der Waals surface area contributed by atoms with E-state index < -0.39 is 12.5 Å². The molecule has 0 amide bonds. The van der Waals surface area contributed by atoms with Crippen LogP contribution in [0, 0.1) is 0 Å². The van der Waals surface area contributed by atoms with Gasteiger partial charge in [0.15, 0.2) is 0 Å². The first-order valence-corrected chi connectivity index (χ1v) is 6.99. The number of aromatic nitrogens is 1. The molecule has 19 heavy (non-hydrogen) atoms. The molecule has 102 valence electrons. The molecule has 5 heteroatoms. The zero-order chi connectivity index (χ0) is 13.8. The molecule has 0 fully saturated rings. The summed E-state index contributed by atoms with van der Waals surface area (Å²) in [4.78, 5) is 4.25. The molecule has 1 unspecified atom stereocenters. The van der Waals surface area contributed by atoms with Crippen LogP contribution in [0.3, 0.4) is 0 Å². The van der Waals surface area contributed by atoms with Gasteiger partial charge in [-0.3, -0.25) is 4.98 Å². The van der Waals surface area contributed by atoms with E-state index in [0.717, 1.165) is 16.3 Å². The maximum atomic E-state index is 13.2. The third kappa shape index (κ3) is 3.09. The van der Waals surface area contributed by atoms with Crippen LogP contribution in [0.15, 0.2) is 34.9 Å². The predicted octanol–water partition coefficient (Wildman–Crippen LogP) is 4.30. The molecule has 1 heterocycles. The van der Waals surface area contributed by atoms with E-state index in [4.69, 9.17) is 0 Å². The van der Waals surface area contributed by atoms with Crippen molar-refractivity contribution in [3.05, 3.63) is 40.5 Å². The highest BCUT2D eigenvalue weighted by molar-refractivity contribution is 9.10. The van der Waals surface area contributed by atoms with Gasteiger partial charge in [0.25, 0.3) is 6.43 Å². The van der Waals surface area contributed by atoms with E-state index in [-0.39, 0.29) is 0 Å². The SMILES string of the molecule is CCCNC(c1ccc(Br)c2cccnc12)C(F)F. The Morgan fingerprint density at radius 1 is 1.32 bits per heavy atom. The van der Waals surface area contributed by atoms with Crippen LogP contribution in [-0.2, 0) is 0 Å². The molecule has 2 aromatic rings. The molecule has 1 N–H and O–H groups in total. The van der Waals surface area contributed by atoms with E-state index in [9.17, 15) is 8.78 Å². The van der Waals surface area contributed by atoms with Gasteiger partial charge in [-0.1, -0.05) is 35.0 Å². The third-order valence-corrected chi connectivity index (χ3v) is 3.64. The average molecular weight is 329 g/mol. The lowest BCUT2D eigenvalue weighted by Gasteiger charge is -2.19. The van der Waals surface area contributed by atoms with Gasteiger partial charge >= 0.3 is 0 Å². The Kier molecular flexibility index (Phi) is 4.82. The fourth-order valence-electron chi connectivity index (χ4n) is 2.05. The van der Waals surface area contributed by atoms with Crippen LogP contribution < -0.4 is 5.32 Å². The van der Waals surface area contributed by atoms with Crippen LogP contribution >= 0.6 is 15.9 Å². The van der Waals surface area contributed by atoms with Crippen molar-refractivity contribution in [3.8, 4) is 0 Å². The molecule has 2 nitrogen and oxygen atoms in total. The minimum absolute atomic E-state index is 0.544. The molecule has 0 spiro atoms. The predicted molar refractivity (Wildman–Crippen MR) is 76.5 cm³/mol. The van der Waals surface area contributed by atoms with Crippen LogP contribution in [-0.4, -0.2) is 18.0 Å². The number of benzene rings is 1. The van der Waals surface area contributed by atoms with Crippen LogP contribution in [0.4, 0.5) is 8.78 Å². The summed E-state index contributed by atoms with van der Waals surface area (Å²) in [6, 6.07) is 6.19. The van der Waals surface area contributed by atoms with Crippen molar-refractivity contribution in [2.75, 3.05) is 6.54 Å². The molecule has 1 aromatic carbocycles. The first-order chi connectivity index (χ1) is 9.15. The minimum Gasteiger partial charge on any atom is -0.305 e. The molecule has 0 bridgehead atoms. The average Bonchev–Trinajstić information content (AvgIpc) is 2.41. The van der Waals surface area contributed by atoms with Crippen molar-refractivity contribution in [2.24, 2.45) is 0 Å². The number of rotatable bonds is 5. The highest BCUT2D eigenvalue weighted by Gasteiger charge is 2.24. The molecule has 2 rings (SSSR count). The number of hydrogen-bond acceptors (Lipinski definition) is 2. The topological polar surface area (TPSA) is 24.9 Å². The van der Waals surface area contributed by atoms with Crippen LogP contribution in [0.2, 0.25) is 0 Å². The molecule has 1 atom stereocenters. The van der Waals surface area contributed by atoms with Crippen molar-refractivity contribution in [3.63, 3.8) is 0 Å². The second-order valence-corrected chi connectivity index (χ2v) is 5.16. The van der Waals surface area contributed by atoms with Crippen LogP contribution in [0.25, 0.3) is 10.9 Å². The Morgan fingerprint density at radius 3 is 2.79 bits per heavy atom. The summed E-state index contributed by atoms with van der Waals surface area (Å²) in [5.41, 5.74) is 1.16. The summed E-state index contributed by atoms with van der Waals surface area (Å²) >= 11 is 3.42. The van der Waals surface area contributed by atoms with Gasteiger partial charge in [-0.15, -0.1) is 0 Å². The summed E-state index contributed by atoms with van der Waals surface area (Å²) in [6.45, 7) is 2.51. The van der Waals surface area contributed by atoms with Gasteiger partial charge in [0.2, 0.25) is 0 Å². The summed E-state index contributed by atoms with van der Waals surface area (Å²) in [6.07, 6.45) is -0.0240. The highest BCUT2D eigenvalue weighted by Crippen LogP contribution is 2.31. The van der Waals surface area contributed by atoms with Gasteiger partial charge in [0.1, 0.15) is 0 Å². The van der Waals surface area contributed by atoms with Gasteiger partial charge in [-0.25, -0.2) is 8.78 Å². The molecule has 0 saturated heterocycles. The Hall–Kier alpha value is -1.07. The first-order valence-electron chi connectivity index (χ1n) is 6.19. The van der Waals surface area contributed by atoms with Crippen molar-refractivity contribution < 1.29 is 8.78 Å². The van der Waals surface area contributed by atoms with Crippen LogP contribution in [0.1, 0.15) is 24.9 Å².